The van der Waals surface area contributed by atoms with Gasteiger partial charge in [-0.3, -0.25) is 20.1 Å². The molecule has 10 heteroatoms. The van der Waals surface area contributed by atoms with E-state index in [1.807, 2.05) is 27.7 Å². The predicted molar refractivity (Wildman–Crippen MR) is 99.4 cm³/mol. The molecule has 0 aliphatic carbocycles. The van der Waals surface area contributed by atoms with Crippen molar-refractivity contribution in [2.24, 2.45) is 5.84 Å². The zero-order chi connectivity index (χ0) is 19.3. The molecule has 8 nitrogen and oxygen atoms in total. The number of nitrogens with two attached hydrogens (primary N) is 1. The Balaban J connectivity index is 2.09. The summed E-state index contributed by atoms with van der Waals surface area (Å²) < 4.78 is 6.16. The Kier molecular flexibility index (Phi) is 4.60. The Labute approximate surface area is 159 Å². The van der Waals surface area contributed by atoms with Crippen LogP contribution in [0.2, 0.25) is 5.02 Å². The molecule has 0 bridgehead atoms. The number of aromatic nitrogens is 2. The van der Waals surface area contributed by atoms with Gasteiger partial charge < -0.3 is 10.1 Å². The molecule has 3 heterocycles. The fraction of sp³-hybridized carbons (Fsp3) is 0.438. The molecule has 5 N–H and O–H groups in total. The first kappa shape index (κ1) is 18.8. The Hall–Kier alpha value is -1.94. The van der Waals surface area contributed by atoms with Crippen molar-refractivity contribution < 1.29 is 14.3 Å². The normalized spacial score (nSPS) is 17.5. The van der Waals surface area contributed by atoms with Crippen LogP contribution in [-0.4, -0.2) is 27.6 Å². The smallest absolute Gasteiger partial charge is 0.275 e. The molecule has 0 atom stereocenters. The van der Waals surface area contributed by atoms with Crippen molar-refractivity contribution in [3.05, 3.63) is 32.9 Å². The van der Waals surface area contributed by atoms with Crippen molar-refractivity contribution >= 4 is 39.8 Å². The van der Waals surface area contributed by atoms with E-state index in [4.69, 9.17) is 22.2 Å². The molecule has 2 amide bonds. The van der Waals surface area contributed by atoms with Gasteiger partial charge in [0.25, 0.3) is 11.8 Å². The lowest BCUT2D eigenvalue weighted by molar-refractivity contribution is -0.135. The Morgan fingerprint density at radius 2 is 2.04 bits per heavy atom. The van der Waals surface area contributed by atoms with Crippen molar-refractivity contribution in [3.63, 3.8) is 0 Å². The third-order valence-electron chi connectivity index (χ3n) is 4.09. The summed E-state index contributed by atoms with van der Waals surface area (Å²) in [5.41, 5.74) is 2.38. The highest BCUT2D eigenvalue weighted by atomic mass is 35.5. The second-order valence-electron chi connectivity index (χ2n) is 7.18. The highest BCUT2D eigenvalue weighted by molar-refractivity contribution is 7.17. The molecule has 1 aliphatic rings. The maximum absolute atomic E-state index is 12.5. The number of thiophene rings is 1. The highest BCUT2D eigenvalue weighted by Gasteiger charge is 2.43. The zero-order valence-corrected chi connectivity index (χ0v) is 16.4. The van der Waals surface area contributed by atoms with Gasteiger partial charge in [0, 0.05) is 11.3 Å². The van der Waals surface area contributed by atoms with Gasteiger partial charge in [-0.05, 0) is 33.3 Å². The molecule has 0 radical (unpaired) electrons. The van der Waals surface area contributed by atoms with E-state index in [1.165, 1.54) is 17.5 Å². The molecule has 0 saturated carbocycles. The van der Waals surface area contributed by atoms with Crippen molar-refractivity contribution in [1.82, 2.24) is 15.6 Å². The summed E-state index contributed by atoms with van der Waals surface area (Å²) in [6.07, 6.45) is 1.86. The first-order valence-electron chi connectivity index (χ1n) is 7.93. The predicted octanol–water partition coefficient (Wildman–Crippen LogP) is 2.57. The van der Waals surface area contributed by atoms with Crippen LogP contribution in [0.1, 0.15) is 59.0 Å². The number of H-pyrrole nitrogens is 1. The third kappa shape index (κ3) is 3.23. The second-order valence-corrected chi connectivity index (χ2v) is 8.61. The van der Waals surface area contributed by atoms with Crippen LogP contribution in [0.25, 0.3) is 0 Å². The number of nitrogen functional groups attached to an aromatic ring is 1. The SMILES string of the molecule is CC1(C)Cc2c(sc(NC(=O)c3[nH]ncc3Cl)c2C(=O)NN)C(C)(C)O1. The summed E-state index contributed by atoms with van der Waals surface area (Å²) in [5, 5.41) is 9.60. The maximum atomic E-state index is 12.5. The van der Waals surface area contributed by atoms with Crippen LogP contribution in [0, 0.1) is 0 Å². The van der Waals surface area contributed by atoms with Gasteiger partial charge in [0.15, 0.2) is 0 Å². The topological polar surface area (TPSA) is 122 Å². The number of amides is 2. The summed E-state index contributed by atoms with van der Waals surface area (Å²) in [6.45, 7) is 7.79. The summed E-state index contributed by atoms with van der Waals surface area (Å²) in [5.74, 6) is 4.41. The van der Waals surface area contributed by atoms with Crippen LogP contribution in [0.15, 0.2) is 6.20 Å². The molecule has 0 fully saturated rings. The number of ether oxygens (including phenoxy) is 1. The summed E-state index contributed by atoms with van der Waals surface area (Å²) in [4.78, 5) is 25.8. The van der Waals surface area contributed by atoms with Gasteiger partial charge in [0.1, 0.15) is 10.7 Å². The number of carbonyl (C=O) groups excluding carboxylic acids is 2. The van der Waals surface area contributed by atoms with E-state index in [9.17, 15) is 9.59 Å². The van der Waals surface area contributed by atoms with Crippen molar-refractivity contribution in [1.29, 1.82) is 0 Å². The molecule has 1 aliphatic heterocycles. The lowest BCUT2D eigenvalue weighted by Gasteiger charge is -2.41. The summed E-state index contributed by atoms with van der Waals surface area (Å²) in [6, 6.07) is 0. The number of anilines is 1. The van der Waals surface area contributed by atoms with Crippen LogP contribution >= 0.6 is 22.9 Å². The van der Waals surface area contributed by atoms with Gasteiger partial charge >= 0.3 is 0 Å². The molecule has 0 aromatic carbocycles. The Bertz CT molecular complexity index is 887. The van der Waals surface area contributed by atoms with Crippen molar-refractivity contribution in [3.8, 4) is 0 Å². The average Bonchev–Trinajstić information content (AvgIpc) is 3.09. The minimum absolute atomic E-state index is 0.119. The van der Waals surface area contributed by atoms with Gasteiger partial charge in [-0.1, -0.05) is 11.6 Å². The van der Waals surface area contributed by atoms with E-state index in [-0.39, 0.29) is 10.7 Å². The quantitative estimate of drug-likeness (QED) is 0.360. The van der Waals surface area contributed by atoms with E-state index < -0.39 is 23.0 Å². The van der Waals surface area contributed by atoms with Crippen LogP contribution in [0.5, 0.6) is 0 Å². The Morgan fingerprint density at radius 1 is 1.35 bits per heavy atom. The van der Waals surface area contributed by atoms with Crippen LogP contribution in [-0.2, 0) is 16.8 Å². The fourth-order valence-corrected chi connectivity index (χ4v) is 4.74. The summed E-state index contributed by atoms with van der Waals surface area (Å²) >= 11 is 7.24. The van der Waals surface area contributed by atoms with Gasteiger partial charge in [0.05, 0.1) is 28.0 Å². The number of hydrazine groups is 1. The molecule has 2 aromatic rings. The van der Waals surface area contributed by atoms with E-state index in [1.54, 1.807) is 0 Å². The number of nitrogens with one attached hydrogen (secondary N) is 3. The second kappa shape index (κ2) is 6.34. The number of halogens is 1. The molecule has 140 valence electrons. The van der Waals surface area contributed by atoms with Crippen LogP contribution < -0.4 is 16.6 Å². The fourth-order valence-electron chi connectivity index (χ4n) is 3.32. The van der Waals surface area contributed by atoms with Gasteiger partial charge in [-0.2, -0.15) is 5.10 Å². The number of carbonyl (C=O) groups is 2. The van der Waals surface area contributed by atoms with Crippen molar-refractivity contribution in [2.45, 2.75) is 45.3 Å². The number of rotatable bonds is 3. The molecular weight excluding hydrogens is 378 g/mol. The van der Waals surface area contributed by atoms with Crippen molar-refractivity contribution in [2.75, 3.05) is 5.32 Å². The van der Waals surface area contributed by atoms with E-state index in [0.29, 0.717) is 17.0 Å². The summed E-state index contributed by atoms with van der Waals surface area (Å²) in [7, 11) is 0. The Morgan fingerprint density at radius 3 is 2.62 bits per heavy atom. The molecule has 3 rings (SSSR count). The van der Waals surface area contributed by atoms with Gasteiger partial charge in [-0.15, -0.1) is 11.3 Å². The number of nitrogens with zero attached hydrogens (tertiary/aromatic N) is 1. The highest BCUT2D eigenvalue weighted by Crippen LogP contribution is 2.48. The van der Waals surface area contributed by atoms with E-state index >= 15 is 0 Å². The van der Waals surface area contributed by atoms with E-state index in [0.717, 1.165) is 10.4 Å². The number of aromatic amines is 1. The maximum Gasteiger partial charge on any atom is 0.275 e. The molecule has 0 saturated heterocycles. The first-order chi connectivity index (χ1) is 12.1. The number of hydrogen-bond acceptors (Lipinski definition) is 6. The third-order valence-corrected chi connectivity index (χ3v) is 5.83. The lowest BCUT2D eigenvalue weighted by atomic mass is 9.86. The average molecular weight is 398 g/mol. The van der Waals surface area contributed by atoms with Crippen LogP contribution in [0.4, 0.5) is 5.00 Å². The largest absolute Gasteiger partial charge is 0.364 e. The number of hydrogen-bond donors (Lipinski definition) is 4. The molecular formula is C16H20ClN5O3S. The first-order valence-corrected chi connectivity index (χ1v) is 9.12. The molecule has 26 heavy (non-hydrogen) atoms. The number of fused-ring (bicyclic) bond motifs is 1. The minimum atomic E-state index is -0.611. The van der Waals surface area contributed by atoms with E-state index in [2.05, 4.69) is 20.9 Å². The molecule has 2 aromatic heterocycles. The van der Waals surface area contributed by atoms with Gasteiger partial charge in [-0.25, -0.2) is 5.84 Å². The minimum Gasteiger partial charge on any atom is -0.364 e. The van der Waals surface area contributed by atoms with Gasteiger partial charge in [0.2, 0.25) is 0 Å². The molecule has 0 spiro atoms. The van der Waals surface area contributed by atoms with Crippen LogP contribution in [0.3, 0.4) is 0 Å². The zero-order valence-electron chi connectivity index (χ0n) is 14.8. The monoisotopic (exact) mass is 397 g/mol. The standard InChI is InChI=1S/C16H20ClN5O3S/c1-15(2)5-7-9(12(23)21-18)14(26-11(7)16(3,4)25-15)20-13(24)10-8(17)6-19-22-10/h6H,5,18H2,1-4H3,(H,19,22)(H,20,24)(H,21,23). The lowest BCUT2D eigenvalue weighted by Crippen LogP contribution is -2.42. The molecule has 0 unspecified atom stereocenters.